The number of methoxy groups -OCH3 is 1. The Hall–Kier alpha value is -2.53. The Morgan fingerprint density at radius 3 is 2.61 bits per heavy atom. The quantitative estimate of drug-likeness (QED) is 0.853. The predicted octanol–water partition coefficient (Wildman–Crippen LogP) is 3.82. The molecule has 0 unspecified atom stereocenters. The molecule has 0 bridgehead atoms. The molecule has 0 fully saturated rings. The van der Waals surface area contributed by atoms with Crippen molar-refractivity contribution in [1.82, 2.24) is 0 Å². The van der Waals surface area contributed by atoms with E-state index in [1.54, 1.807) is 17.8 Å². The summed E-state index contributed by atoms with van der Waals surface area (Å²) in [5, 5.41) is 2.75. The van der Waals surface area contributed by atoms with E-state index in [1.165, 1.54) is 14.0 Å². The summed E-state index contributed by atoms with van der Waals surface area (Å²) in [7, 11) is 1.37. The Labute approximate surface area is 138 Å². The van der Waals surface area contributed by atoms with Gasteiger partial charge in [0.2, 0.25) is 5.91 Å². The molecule has 0 atom stereocenters. The molecule has 0 saturated carbocycles. The predicted molar refractivity (Wildman–Crippen MR) is 91.2 cm³/mol. The normalized spacial score (nSPS) is 12.3. The standard InChI is InChI=1S/C18H15NO3S/c1-11(20)19-13-7-8-17-14(10-13)15(18(21)22-2)9-12-5-3-4-6-16(12)23-17/h3-10H,1-2H3,(H,19,20). The van der Waals surface area contributed by atoms with Gasteiger partial charge in [0, 0.05) is 28.0 Å². The highest BCUT2D eigenvalue weighted by atomic mass is 32.2. The molecule has 0 aromatic heterocycles. The van der Waals surface area contributed by atoms with Crippen LogP contribution in [0.5, 0.6) is 0 Å². The number of fused-ring (bicyclic) bond motifs is 2. The first-order chi connectivity index (χ1) is 11.1. The second-order valence-corrected chi connectivity index (χ2v) is 6.17. The third kappa shape index (κ3) is 3.14. The van der Waals surface area contributed by atoms with Gasteiger partial charge in [-0.3, -0.25) is 4.79 Å². The monoisotopic (exact) mass is 325 g/mol. The molecule has 116 valence electrons. The first-order valence-electron chi connectivity index (χ1n) is 7.07. The van der Waals surface area contributed by atoms with Crippen LogP contribution < -0.4 is 5.32 Å². The van der Waals surface area contributed by atoms with E-state index in [0.29, 0.717) is 11.3 Å². The van der Waals surface area contributed by atoms with Crippen molar-refractivity contribution >= 4 is 41.0 Å². The molecular formula is C18H15NO3S. The Morgan fingerprint density at radius 1 is 1.09 bits per heavy atom. The fourth-order valence-corrected chi connectivity index (χ4v) is 3.48. The zero-order chi connectivity index (χ0) is 16.4. The number of hydrogen-bond donors (Lipinski definition) is 1. The van der Waals surface area contributed by atoms with E-state index in [1.807, 2.05) is 42.5 Å². The Kier molecular flexibility index (Phi) is 4.21. The van der Waals surface area contributed by atoms with Gasteiger partial charge in [-0.1, -0.05) is 30.0 Å². The summed E-state index contributed by atoms with van der Waals surface area (Å²) >= 11 is 1.59. The second-order valence-electron chi connectivity index (χ2n) is 5.08. The minimum atomic E-state index is -0.400. The number of esters is 1. The van der Waals surface area contributed by atoms with Crippen LogP contribution in [0, 0.1) is 0 Å². The van der Waals surface area contributed by atoms with Crippen LogP contribution in [-0.2, 0) is 14.3 Å². The number of hydrogen-bond acceptors (Lipinski definition) is 4. The van der Waals surface area contributed by atoms with E-state index in [0.717, 1.165) is 20.9 Å². The number of amides is 1. The summed E-state index contributed by atoms with van der Waals surface area (Å²) in [5.41, 5.74) is 2.85. The van der Waals surface area contributed by atoms with E-state index < -0.39 is 5.97 Å². The van der Waals surface area contributed by atoms with Gasteiger partial charge in [0.1, 0.15) is 0 Å². The van der Waals surface area contributed by atoms with Crippen molar-refractivity contribution in [3.8, 4) is 0 Å². The summed E-state index contributed by atoms with van der Waals surface area (Å²) in [6, 6.07) is 13.4. The van der Waals surface area contributed by atoms with Gasteiger partial charge in [-0.15, -0.1) is 0 Å². The molecule has 0 spiro atoms. The van der Waals surface area contributed by atoms with Gasteiger partial charge in [0.25, 0.3) is 0 Å². The molecule has 2 aromatic carbocycles. The highest BCUT2D eigenvalue weighted by molar-refractivity contribution is 7.99. The second kappa shape index (κ2) is 6.30. The van der Waals surface area contributed by atoms with Crippen molar-refractivity contribution < 1.29 is 14.3 Å². The van der Waals surface area contributed by atoms with Crippen molar-refractivity contribution in [2.24, 2.45) is 0 Å². The average molecular weight is 325 g/mol. The van der Waals surface area contributed by atoms with Crippen LogP contribution in [0.2, 0.25) is 0 Å². The molecule has 5 heteroatoms. The summed E-state index contributed by atoms with van der Waals surface area (Å²) in [6.45, 7) is 1.45. The maximum absolute atomic E-state index is 12.2. The SMILES string of the molecule is COC(=O)C1=Cc2ccccc2Sc2ccc(NC(C)=O)cc21. The van der Waals surface area contributed by atoms with Crippen molar-refractivity contribution in [3.63, 3.8) is 0 Å². The molecule has 0 saturated heterocycles. The number of carbonyl (C=O) groups excluding carboxylic acids is 2. The highest BCUT2D eigenvalue weighted by Gasteiger charge is 2.21. The molecule has 0 radical (unpaired) electrons. The van der Waals surface area contributed by atoms with Gasteiger partial charge in [-0.2, -0.15) is 0 Å². The van der Waals surface area contributed by atoms with E-state index >= 15 is 0 Å². The number of rotatable bonds is 2. The van der Waals surface area contributed by atoms with Gasteiger partial charge >= 0.3 is 5.97 Å². The minimum Gasteiger partial charge on any atom is -0.465 e. The average Bonchev–Trinajstić information content (AvgIpc) is 2.70. The van der Waals surface area contributed by atoms with Gasteiger partial charge in [0.15, 0.2) is 0 Å². The number of carbonyl (C=O) groups is 2. The zero-order valence-corrected chi connectivity index (χ0v) is 13.6. The lowest BCUT2D eigenvalue weighted by molar-refractivity contribution is -0.133. The van der Waals surface area contributed by atoms with Crippen LogP contribution in [0.25, 0.3) is 11.6 Å². The van der Waals surface area contributed by atoms with Crippen LogP contribution in [0.3, 0.4) is 0 Å². The van der Waals surface area contributed by atoms with Crippen molar-refractivity contribution in [3.05, 3.63) is 53.6 Å². The molecule has 1 heterocycles. The van der Waals surface area contributed by atoms with Crippen LogP contribution in [0.15, 0.2) is 52.3 Å². The molecule has 4 nitrogen and oxygen atoms in total. The number of anilines is 1. The molecule has 3 rings (SSSR count). The number of ether oxygens (including phenoxy) is 1. The molecule has 1 N–H and O–H groups in total. The summed E-state index contributed by atoms with van der Waals surface area (Å²) in [5.74, 6) is -0.554. The molecular weight excluding hydrogens is 310 g/mol. The number of benzene rings is 2. The Bertz CT molecular complexity index is 827. The smallest absolute Gasteiger partial charge is 0.338 e. The molecule has 23 heavy (non-hydrogen) atoms. The van der Waals surface area contributed by atoms with Gasteiger partial charge in [0.05, 0.1) is 12.7 Å². The third-order valence-corrected chi connectivity index (χ3v) is 4.60. The Morgan fingerprint density at radius 2 is 1.87 bits per heavy atom. The van der Waals surface area contributed by atoms with E-state index in [9.17, 15) is 9.59 Å². The maximum atomic E-state index is 12.2. The van der Waals surface area contributed by atoms with E-state index in [2.05, 4.69) is 5.32 Å². The van der Waals surface area contributed by atoms with E-state index in [-0.39, 0.29) is 5.91 Å². The van der Waals surface area contributed by atoms with Crippen LogP contribution in [0.4, 0.5) is 5.69 Å². The molecule has 1 aliphatic heterocycles. The largest absolute Gasteiger partial charge is 0.465 e. The Balaban J connectivity index is 2.18. The maximum Gasteiger partial charge on any atom is 0.338 e. The molecule has 1 aliphatic rings. The van der Waals surface area contributed by atoms with Crippen LogP contribution in [0.1, 0.15) is 18.1 Å². The third-order valence-electron chi connectivity index (χ3n) is 3.43. The molecule has 0 aliphatic carbocycles. The summed E-state index contributed by atoms with van der Waals surface area (Å²) < 4.78 is 4.93. The lowest BCUT2D eigenvalue weighted by Gasteiger charge is -2.11. The molecule has 1 amide bonds. The van der Waals surface area contributed by atoms with Crippen LogP contribution >= 0.6 is 11.8 Å². The van der Waals surface area contributed by atoms with Crippen LogP contribution in [-0.4, -0.2) is 19.0 Å². The van der Waals surface area contributed by atoms with Crippen molar-refractivity contribution in [2.45, 2.75) is 16.7 Å². The zero-order valence-electron chi connectivity index (χ0n) is 12.8. The van der Waals surface area contributed by atoms with Crippen molar-refractivity contribution in [2.75, 3.05) is 12.4 Å². The number of nitrogens with one attached hydrogen (secondary N) is 1. The summed E-state index contributed by atoms with van der Waals surface area (Å²) in [6.07, 6.45) is 1.83. The fraction of sp³-hybridized carbons (Fsp3) is 0.111. The lowest BCUT2D eigenvalue weighted by Crippen LogP contribution is -2.08. The molecule has 2 aromatic rings. The van der Waals surface area contributed by atoms with Crippen molar-refractivity contribution in [1.29, 1.82) is 0 Å². The highest BCUT2D eigenvalue weighted by Crippen LogP contribution is 2.41. The summed E-state index contributed by atoms with van der Waals surface area (Å²) in [4.78, 5) is 25.5. The minimum absolute atomic E-state index is 0.155. The lowest BCUT2D eigenvalue weighted by atomic mass is 10.0. The fourth-order valence-electron chi connectivity index (χ4n) is 2.43. The first-order valence-corrected chi connectivity index (χ1v) is 7.89. The van der Waals surface area contributed by atoms with E-state index in [4.69, 9.17) is 4.74 Å². The van der Waals surface area contributed by atoms with Gasteiger partial charge < -0.3 is 10.1 Å². The first kappa shape index (κ1) is 15.4. The van der Waals surface area contributed by atoms with Gasteiger partial charge in [-0.05, 0) is 35.9 Å². The topological polar surface area (TPSA) is 55.4 Å². The van der Waals surface area contributed by atoms with Gasteiger partial charge in [-0.25, -0.2) is 4.79 Å².